The molecule has 2 aliphatic heterocycles. The van der Waals surface area contributed by atoms with E-state index in [0.717, 1.165) is 39.3 Å². The van der Waals surface area contributed by atoms with Gasteiger partial charge in [-0.15, -0.1) is 11.3 Å². The second-order valence-electron chi connectivity index (χ2n) is 5.83. The van der Waals surface area contributed by atoms with E-state index in [2.05, 4.69) is 20.7 Å². The fourth-order valence-electron chi connectivity index (χ4n) is 2.53. The molecular weight excluding hydrogens is 344 g/mol. The first kappa shape index (κ1) is 17.8. The topological polar surface area (TPSA) is 92.3 Å². The van der Waals surface area contributed by atoms with E-state index in [1.165, 1.54) is 11.3 Å². The summed E-state index contributed by atoms with van der Waals surface area (Å²) >= 11 is 1.41. The van der Waals surface area contributed by atoms with Crippen molar-refractivity contribution in [2.45, 2.75) is 12.5 Å². The maximum Gasteiger partial charge on any atom is 0.275 e. The predicted molar refractivity (Wildman–Crippen MR) is 93.6 cm³/mol. The number of β-lactam (4-membered cyclic amide) rings is 1. The first-order valence-corrected chi connectivity index (χ1v) is 9.24. The Morgan fingerprint density at radius 1 is 1.48 bits per heavy atom. The van der Waals surface area contributed by atoms with Crippen molar-refractivity contribution in [3.05, 3.63) is 22.4 Å². The highest BCUT2D eigenvalue weighted by Crippen LogP contribution is 2.11. The van der Waals surface area contributed by atoms with Crippen LogP contribution in [0.1, 0.15) is 11.3 Å². The molecule has 0 saturated carbocycles. The summed E-state index contributed by atoms with van der Waals surface area (Å²) in [4.78, 5) is 32.1. The molecule has 0 spiro atoms. The summed E-state index contributed by atoms with van der Waals surface area (Å²) in [5.74, 6) is -0.569. The first-order valence-electron chi connectivity index (χ1n) is 8.36. The highest BCUT2D eigenvalue weighted by molar-refractivity contribution is 7.13. The zero-order chi connectivity index (χ0) is 17.5. The lowest BCUT2D eigenvalue weighted by Gasteiger charge is -2.26. The molecule has 2 fully saturated rings. The van der Waals surface area contributed by atoms with E-state index in [9.17, 15) is 9.59 Å². The fraction of sp³-hybridized carbons (Fsp3) is 0.562. The van der Waals surface area contributed by atoms with E-state index >= 15 is 0 Å². The van der Waals surface area contributed by atoms with Crippen molar-refractivity contribution < 1.29 is 19.2 Å². The Morgan fingerprint density at radius 2 is 2.32 bits per heavy atom. The lowest BCUT2D eigenvalue weighted by atomic mass is 10.1. The van der Waals surface area contributed by atoms with Gasteiger partial charge < -0.3 is 20.2 Å². The number of thiophene rings is 1. The van der Waals surface area contributed by atoms with Crippen molar-refractivity contribution in [3.63, 3.8) is 0 Å². The highest BCUT2D eigenvalue weighted by Gasteiger charge is 2.31. The second kappa shape index (κ2) is 8.93. The van der Waals surface area contributed by atoms with Crippen molar-refractivity contribution in [2.75, 3.05) is 46.0 Å². The summed E-state index contributed by atoms with van der Waals surface area (Å²) in [5, 5.41) is 11.2. The summed E-state index contributed by atoms with van der Waals surface area (Å²) in [6.45, 7) is 5.23. The van der Waals surface area contributed by atoms with Crippen LogP contribution in [0.4, 0.5) is 0 Å². The summed E-state index contributed by atoms with van der Waals surface area (Å²) < 4.78 is 5.31. The van der Waals surface area contributed by atoms with Crippen LogP contribution in [-0.2, 0) is 19.2 Å². The largest absolute Gasteiger partial charge is 0.395 e. The van der Waals surface area contributed by atoms with Gasteiger partial charge in [0.15, 0.2) is 5.71 Å². The average Bonchev–Trinajstić information content (AvgIpc) is 3.16. The third kappa shape index (κ3) is 5.00. The lowest BCUT2D eigenvalue weighted by molar-refractivity contribution is -0.131. The molecule has 8 nitrogen and oxygen atoms in total. The molecule has 0 radical (unpaired) electrons. The van der Waals surface area contributed by atoms with Crippen molar-refractivity contribution >= 4 is 28.9 Å². The molecule has 2 aliphatic rings. The van der Waals surface area contributed by atoms with Gasteiger partial charge in [0.05, 0.1) is 18.1 Å². The summed E-state index contributed by atoms with van der Waals surface area (Å²) in [6.07, 6.45) is 0.827. The Hall–Kier alpha value is -1.97. The molecule has 1 aromatic heterocycles. The number of oxime groups is 1. The lowest BCUT2D eigenvalue weighted by Crippen LogP contribution is -2.62. The van der Waals surface area contributed by atoms with Gasteiger partial charge in [-0.2, -0.15) is 0 Å². The van der Waals surface area contributed by atoms with Crippen LogP contribution in [0.2, 0.25) is 0 Å². The fourth-order valence-corrected chi connectivity index (χ4v) is 3.23. The molecule has 136 valence electrons. The average molecular weight is 366 g/mol. The van der Waals surface area contributed by atoms with Crippen LogP contribution in [0, 0.1) is 0 Å². The van der Waals surface area contributed by atoms with Crippen LogP contribution < -0.4 is 10.6 Å². The Bertz CT molecular complexity index is 614. The van der Waals surface area contributed by atoms with Gasteiger partial charge >= 0.3 is 0 Å². The third-order valence-corrected chi connectivity index (χ3v) is 4.92. The number of hydrogen-bond donors (Lipinski definition) is 2. The second-order valence-corrected chi connectivity index (χ2v) is 6.78. The van der Waals surface area contributed by atoms with Gasteiger partial charge in [-0.25, -0.2) is 0 Å². The normalized spacial score (nSPS) is 21.4. The number of morpholine rings is 1. The standard InChI is InChI=1S/C16H22N4O4S/c21-15-12(11-17-15)18-16(22)14(13-3-1-10-25-13)19-24-7-2-4-20-5-8-23-9-6-20/h1,3,10,12H,2,4-9,11H2,(H,17,21)(H,18,22). The minimum Gasteiger partial charge on any atom is -0.395 e. The number of carbonyl (C=O) groups excluding carboxylic acids is 2. The maximum absolute atomic E-state index is 12.4. The Morgan fingerprint density at radius 3 is 2.96 bits per heavy atom. The molecule has 3 heterocycles. The zero-order valence-electron chi connectivity index (χ0n) is 13.9. The highest BCUT2D eigenvalue weighted by atomic mass is 32.1. The van der Waals surface area contributed by atoms with E-state index in [0.29, 0.717) is 18.0 Å². The van der Waals surface area contributed by atoms with Crippen molar-refractivity contribution in [1.82, 2.24) is 15.5 Å². The minimum atomic E-state index is -0.487. The quantitative estimate of drug-likeness (QED) is 0.288. The van der Waals surface area contributed by atoms with Crippen LogP contribution in [-0.4, -0.2) is 74.5 Å². The Balaban J connectivity index is 1.49. The van der Waals surface area contributed by atoms with Crippen LogP contribution in [0.25, 0.3) is 0 Å². The number of nitrogens with zero attached hydrogens (tertiary/aromatic N) is 2. The van der Waals surface area contributed by atoms with Gasteiger partial charge in [0.2, 0.25) is 5.91 Å². The number of amides is 2. The molecule has 2 N–H and O–H groups in total. The monoisotopic (exact) mass is 366 g/mol. The van der Waals surface area contributed by atoms with E-state index in [-0.39, 0.29) is 11.6 Å². The number of hydrogen-bond acceptors (Lipinski definition) is 7. The first-order chi connectivity index (χ1) is 12.2. The van der Waals surface area contributed by atoms with Crippen LogP contribution >= 0.6 is 11.3 Å². The molecule has 2 amide bonds. The number of rotatable bonds is 8. The summed E-state index contributed by atoms with van der Waals surface area (Å²) in [7, 11) is 0. The smallest absolute Gasteiger partial charge is 0.275 e. The molecule has 3 rings (SSSR count). The van der Waals surface area contributed by atoms with Crippen molar-refractivity contribution in [2.24, 2.45) is 5.16 Å². The summed E-state index contributed by atoms with van der Waals surface area (Å²) in [6, 6.07) is 3.16. The third-order valence-electron chi connectivity index (χ3n) is 4.04. The van der Waals surface area contributed by atoms with E-state index < -0.39 is 11.9 Å². The van der Waals surface area contributed by atoms with Crippen LogP contribution in [0.5, 0.6) is 0 Å². The Kier molecular flexibility index (Phi) is 6.37. The molecule has 1 atom stereocenters. The predicted octanol–water partition coefficient (Wildman–Crippen LogP) is -0.194. The van der Waals surface area contributed by atoms with Crippen molar-refractivity contribution in [1.29, 1.82) is 0 Å². The molecule has 0 aliphatic carbocycles. The SMILES string of the molecule is O=C(NC1CNC1=O)C(=NOCCCN1CCOCC1)c1cccs1. The number of ether oxygens (including phenoxy) is 1. The van der Waals surface area contributed by atoms with Gasteiger partial charge in [0, 0.05) is 26.2 Å². The van der Waals surface area contributed by atoms with Crippen LogP contribution in [0.15, 0.2) is 22.7 Å². The number of carbonyl (C=O) groups is 2. The van der Waals surface area contributed by atoms with Crippen molar-refractivity contribution in [3.8, 4) is 0 Å². The van der Waals surface area contributed by atoms with Gasteiger partial charge in [0.25, 0.3) is 5.91 Å². The molecule has 25 heavy (non-hydrogen) atoms. The summed E-state index contributed by atoms with van der Waals surface area (Å²) in [5.41, 5.74) is 0.209. The van der Waals surface area contributed by atoms with Gasteiger partial charge in [0.1, 0.15) is 12.6 Å². The zero-order valence-corrected chi connectivity index (χ0v) is 14.7. The molecule has 9 heteroatoms. The molecule has 1 unspecified atom stereocenters. The molecule has 1 aromatic rings. The molecular formula is C16H22N4O4S. The van der Waals surface area contributed by atoms with Gasteiger partial charge in [-0.1, -0.05) is 11.2 Å². The molecule has 0 aromatic carbocycles. The number of nitrogens with one attached hydrogen (secondary N) is 2. The Labute approximate surface area is 150 Å². The van der Waals surface area contributed by atoms with Crippen LogP contribution in [0.3, 0.4) is 0 Å². The van der Waals surface area contributed by atoms with E-state index in [4.69, 9.17) is 9.57 Å². The molecule has 2 saturated heterocycles. The maximum atomic E-state index is 12.4. The minimum absolute atomic E-state index is 0.176. The van der Waals surface area contributed by atoms with E-state index in [1.807, 2.05) is 11.4 Å². The molecule has 0 bridgehead atoms. The van der Waals surface area contributed by atoms with Gasteiger partial charge in [-0.3, -0.25) is 14.5 Å². The van der Waals surface area contributed by atoms with Gasteiger partial charge in [-0.05, 0) is 17.9 Å². The van der Waals surface area contributed by atoms with E-state index in [1.54, 1.807) is 6.07 Å².